The topological polar surface area (TPSA) is 82.0 Å². The van der Waals surface area contributed by atoms with Gasteiger partial charge in [0.2, 0.25) is 0 Å². The second-order valence-electron chi connectivity index (χ2n) is 7.03. The number of esters is 2. The van der Waals surface area contributed by atoms with E-state index < -0.39 is 23.4 Å². The number of benzene rings is 1. The first-order valence-electron chi connectivity index (χ1n) is 9.87. The van der Waals surface area contributed by atoms with Gasteiger partial charge in [-0.15, -0.1) is 0 Å². The van der Waals surface area contributed by atoms with Gasteiger partial charge >= 0.3 is 11.9 Å². The molecule has 0 aliphatic heterocycles. The van der Waals surface area contributed by atoms with Crippen LogP contribution in [0.4, 0.5) is 0 Å². The first-order chi connectivity index (χ1) is 13.5. The van der Waals surface area contributed by atoms with Crippen molar-refractivity contribution in [2.45, 2.75) is 57.9 Å². The maximum absolute atomic E-state index is 12.5. The van der Waals surface area contributed by atoms with E-state index in [0.717, 1.165) is 18.4 Å². The van der Waals surface area contributed by atoms with Crippen LogP contribution in [0.3, 0.4) is 0 Å². The van der Waals surface area contributed by atoms with Crippen LogP contribution in [0.5, 0.6) is 0 Å². The number of ether oxygens (including phenoxy) is 2. The van der Waals surface area contributed by atoms with Crippen molar-refractivity contribution in [2.24, 2.45) is 10.4 Å². The van der Waals surface area contributed by atoms with E-state index in [0.29, 0.717) is 32.1 Å². The van der Waals surface area contributed by atoms with E-state index in [-0.39, 0.29) is 12.4 Å². The van der Waals surface area contributed by atoms with Gasteiger partial charge in [0.25, 0.3) is 0 Å². The van der Waals surface area contributed by atoms with E-state index in [1.165, 1.54) is 7.11 Å². The van der Waals surface area contributed by atoms with Gasteiger partial charge in [-0.3, -0.25) is 14.6 Å². The van der Waals surface area contributed by atoms with Crippen molar-refractivity contribution in [2.75, 3.05) is 13.7 Å². The number of Topliss-reactive ketones (excluding diaryl/α,β-unsaturated/α-hetero) is 1. The molecule has 1 aliphatic carbocycles. The Balaban J connectivity index is 2.05. The highest BCUT2D eigenvalue weighted by Gasteiger charge is 2.47. The average Bonchev–Trinajstić information content (AvgIpc) is 2.72. The van der Waals surface area contributed by atoms with Crippen LogP contribution in [0.1, 0.15) is 51.0 Å². The number of rotatable bonds is 9. The summed E-state index contributed by atoms with van der Waals surface area (Å²) in [6.45, 7) is 1.99. The Bertz CT molecular complexity index is 700. The average molecular weight is 387 g/mol. The standard InChI is InChI=1S/C22H29NO5/c1-3-28-21(26)22(13-8-7-12-19(22)24)14-9-15-23-18(20(25)27-2)16-17-10-5-4-6-11-17/h4-6,10-11,15,18H,3,7-9,12-14,16H2,1-2H3. The molecule has 2 unspecified atom stereocenters. The molecule has 1 aromatic rings. The summed E-state index contributed by atoms with van der Waals surface area (Å²) in [6.07, 6.45) is 5.42. The summed E-state index contributed by atoms with van der Waals surface area (Å²) >= 11 is 0. The molecule has 1 aromatic carbocycles. The molecular weight excluding hydrogens is 358 g/mol. The highest BCUT2D eigenvalue weighted by Crippen LogP contribution is 2.38. The van der Waals surface area contributed by atoms with E-state index in [9.17, 15) is 14.4 Å². The number of nitrogens with zero attached hydrogens (tertiary/aromatic N) is 1. The summed E-state index contributed by atoms with van der Waals surface area (Å²) in [5, 5.41) is 0. The molecule has 0 amide bonds. The zero-order valence-corrected chi connectivity index (χ0v) is 16.7. The van der Waals surface area contributed by atoms with E-state index in [1.54, 1.807) is 13.1 Å². The minimum Gasteiger partial charge on any atom is -0.467 e. The van der Waals surface area contributed by atoms with Crippen LogP contribution < -0.4 is 0 Å². The molecule has 0 bridgehead atoms. The fourth-order valence-corrected chi connectivity index (χ4v) is 3.63. The van der Waals surface area contributed by atoms with E-state index in [2.05, 4.69) is 4.99 Å². The lowest BCUT2D eigenvalue weighted by molar-refractivity contribution is -0.162. The molecule has 0 radical (unpaired) electrons. The number of methoxy groups -OCH3 is 1. The normalized spacial score (nSPS) is 20.7. The van der Waals surface area contributed by atoms with Crippen molar-refractivity contribution in [3.05, 3.63) is 35.9 Å². The van der Waals surface area contributed by atoms with Gasteiger partial charge in [-0.05, 0) is 44.4 Å². The molecule has 2 rings (SSSR count). The molecule has 152 valence electrons. The molecule has 0 aromatic heterocycles. The lowest BCUT2D eigenvalue weighted by atomic mass is 9.70. The lowest BCUT2D eigenvalue weighted by Crippen LogP contribution is -2.43. The van der Waals surface area contributed by atoms with Crippen molar-refractivity contribution in [3.63, 3.8) is 0 Å². The smallest absolute Gasteiger partial charge is 0.330 e. The van der Waals surface area contributed by atoms with Crippen molar-refractivity contribution in [1.82, 2.24) is 0 Å². The molecule has 6 heteroatoms. The van der Waals surface area contributed by atoms with Crippen LogP contribution in [0.15, 0.2) is 35.3 Å². The summed E-state index contributed by atoms with van der Waals surface area (Å²) in [5.41, 5.74) is -0.0824. The molecule has 1 fully saturated rings. The molecule has 28 heavy (non-hydrogen) atoms. The highest BCUT2D eigenvalue weighted by atomic mass is 16.5. The monoisotopic (exact) mass is 387 g/mol. The lowest BCUT2D eigenvalue weighted by Gasteiger charge is -2.33. The molecule has 2 atom stereocenters. The Labute approximate surface area is 166 Å². The van der Waals surface area contributed by atoms with Crippen LogP contribution >= 0.6 is 0 Å². The first kappa shape index (κ1) is 21.8. The van der Waals surface area contributed by atoms with Crippen molar-refractivity contribution >= 4 is 23.9 Å². The fraction of sp³-hybridized carbons (Fsp3) is 0.545. The Kier molecular flexibility index (Phi) is 8.36. The SMILES string of the molecule is CCOC(=O)C1(CCC=NC(Cc2ccccc2)C(=O)OC)CCCCC1=O. The van der Waals surface area contributed by atoms with Gasteiger partial charge in [0, 0.05) is 12.8 Å². The third kappa shape index (κ3) is 5.50. The van der Waals surface area contributed by atoms with Crippen molar-refractivity contribution in [1.29, 1.82) is 0 Å². The van der Waals surface area contributed by atoms with Gasteiger partial charge < -0.3 is 9.47 Å². The number of hydrogen-bond acceptors (Lipinski definition) is 6. The second-order valence-corrected chi connectivity index (χ2v) is 7.03. The molecule has 0 saturated heterocycles. The Morgan fingerprint density at radius 1 is 1.25 bits per heavy atom. The van der Waals surface area contributed by atoms with Gasteiger partial charge in [0.05, 0.1) is 13.7 Å². The number of carbonyl (C=O) groups excluding carboxylic acids is 3. The number of aliphatic imine (C=N–C) groups is 1. The highest BCUT2D eigenvalue weighted by molar-refractivity contribution is 6.04. The predicted octanol–water partition coefficient (Wildman–Crippen LogP) is 3.31. The molecule has 1 aliphatic rings. The minimum atomic E-state index is -1.07. The zero-order chi connectivity index (χ0) is 20.4. The summed E-state index contributed by atoms with van der Waals surface area (Å²) < 4.78 is 10.0. The van der Waals surface area contributed by atoms with Gasteiger partial charge in [-0.2, -0.15) is 0 Å². The van der Waals surface area contributed by atoms with Crippen LogP contribution in [0.2, 0.25) is 0 Å². The van der Waals surface area contributed by atoms with Crippen LogP contribution in [-0.4, -0.2) is 43.7 Å². The van der Waals surface area contributed by atoms with Gasteiger partial charge in [0.1, 0.15) is 11.2 Å². The van der Waals surface area contributed by atoms with Crippen LogP contribution in [0.25, 0.3) is 0 Å². The molecule has 6 nitrogen and oxygen atoms in total. The van der Waals surface area contributed by atoms with Crippen LogP contribution in [0, 0.1) is 5.41 Å². The van der Waals surface area contributed by atoms with E-state index in [1.807, 2.05) is 30.3 Å². The summed E-state index contributed by atoms with van der Waals surface area (Å²) in [5.74, 6) is -0.879. The second kappa shape index (κ2) is 10.7. The molecule has 0 N–H and O–H groups in total. The fourth-order valence-electron chi connectivity index (χ4n) is 3.63. The van der Waals surface area contributed by atoms with Gasteiger partial charge in [0.15, 0.2) is 6.04 Å². The van der Waals surface area contributed by atoms with Gasteiger partial charge in [-0.25, -0.2) is 4.79 Å². The zero-order valence-electron chi connectivity index (χ0n) is 16.7. The molecule has 1 saturated carbocycles. The largest absolute Gasteiger partial charge is 0.467 e. The Hall–Kier alpha value is -2.50. The number of carbonyl (C=O) groups is 3. The summed E-state index contributed by atoms with van der Waals surface area (Å²) in [6, 6.07) is 8.95. The minimum absolute atomic E-state index is 0.0422. The van der Waals surface area contributed by atoms with E-state index in [4.69, 9.17) is 9.47 Å². The Morgan fingerprint density at radius 3 is 2.64 bits per heavy atom. The number of ketones is 1. The predicted molar refractivity (Wildman–Crippen MR) is 106 cm³/mol. The Morgan fingerprint density at radius 2 is 2.00 bits per heavy atom. The van der Waals surface area contributed by atoms with Crippen molar-refractivity contribution < 1.29 is 23.9 Å². The van der Waals surface area contributed by atoms with Crippen molar-refractivity contribution in [3.8, 4) is 0 Å². The van der Waals surface area contributed by atoms with Crippen LogP contribution in [-0.2, 0) is 30.3 Å². The molecular formula is C22H29NO5. The first-order valence-corrected chi connectivity index (χ1v) is 9.87. The molecule has 0 heterocycles. The summed E-state index contributed by atoms with van der Waals surface area (Å²) in [7, 11) is 1.34. The maximum atomic E-state index is 12.5. The van der Waals surface area contributed by atoms with E-state index >= 15 is 0 Å². The summed E-state index contributed by atoms with van der Waals surface area (Å²) in [4.78, 5) is 41.5. The third-order valence-corrected chi connectivity index (χ3v) is 5.19. The van der Waals surface area contributed by atoms with Gasteiger partial charge in [-0.1, -0.05) is 36.8 Å². The number of hydrogen-bond donors (Lipinski definition) is 0. The third-order valence-electron chi connectivity index (χ3n) is 5.19. The maximum Gasteiger partial charge on any atom is 0.330 e. The molecule has 0 spiro atoms. The quantitative estimate of drug-likeness (QED) is 0.369.